The Morgan fingerprint density at radius 3 is 1.30 bits per heavy atom. The van der Waals surface area contributed by atoms with Crippen molar-refractivity contribution in [2.45, 2.75) is 187 Å². The first-order chi connectivity index (χ1) is 34.5. The summed E-state index contributed by atoms with van der Waals surface area (Å²) in [6.45, 7) is 4.57. The molecule has 0 fully saturated rings. The number of likely N-dealkylation sites (N-methyl/N-ethyl adjacent to an activating group) is 1. The molecule has 0 saturated heterocycles. The maximum absolute atomic E-state index is 12.9. The third-order valence-electron chi connectivity index (χ3n) is 11.0. The number of aliphatic hydroxyl groups is 1. The first kappa shape index (κ1) is 67.1. The van der Waals surface area contributed by atoms with E-state index in [0.717, 1.165) is 141 Å². The molecular weight excluding hydrogens is 900 g/mol. The van der Waals surface area contributed by atoms with E-state index in [1.807, 2.05) is 27.2 Å². The maximum atomic E-state index is 12.9. The number of unbranched alkanes of at least 4 members (excludes halogenated alkanes) is 10. The summed E-state index contributed by atoms with van der Waals surface area (Å²) in [6.07, 6.45) is 80.6. The molecule has 0 aromatic heterocycles. The second-order valence-electron chi connectivity index (χ2n) is 18.8. The molecule has 9 heteroatoms. The molecule has 400 valence electrons. The Balaban J connectivity index is 4.22. The molecule has 0 aromatic rings. The van der Waals surface area contributed by atoms with Crippen molar-refractivity contribution < 1.29 is 32.9 Å². The zero-order valence-electron chi connectivity index (χ0n) is 45.4. The largest absolute Gasteiger partial charge is 0.472 e. The summed E-state index contributed by atoms with van der Waals surface area (Å²) in [6, 6.07) is -0.889. The van der Waals surface area contributed by atoms with Crippen LogP contribution < -0.4 is 5.32 Å². The summed E-state index contributed by atoms with van der Waals surface area (Å²) in [7, 11) is 1.51. The minimum absolute atomic E-state index is 0.0412. The topological polar surface area (TPSA) is 105 Å². The van der Waals surface area contributed by atoms with Crippen LogP contribution in [0.1, 0.15) is 174 Å². The SMILES string of the molecule is CC/C=C\C/C=C\C/C=C\C/C=C\C/C=C\C/C=C\C/C=C\C/C=C\C/C=C\C/C=C\CCCCCCCCC(=O)NC(COP(=O)(O)OCC[N+](C)(C)C)C(O)/C=C/CC/C=C/CC/C=C/CCCC. The number of hydrogen-bond acceptors (Lipinski definition) is 5. The van der Waals surface area contributed by atoms with Gasteiger partial charge in [-0.1, -0.05) is 210 Å². The van der Waals surface area contributed by atoms with Gasteiger partial charge in [-0.25, -0.2) is 4.57 Å². The van der Waals surface area contributed by atoms with Crippen LogP contribution in [0.4, 0.5) is 0 Å². The Hall–Kier alpha value is -3.88. The van der Waals surface area contributed by atoms with Crippen molar-refractivity contribution in [2.24, 2.45) is 0 Å². The van der Waals surface area contributed by atoms with Crippen LogP contribution >= 0.6 is 7.82 Å². The summed E-state index contributed by atoms with van der Waals surface area (Å²) in [5.74, 6) is -0.216. The quantitative estimate of drug-likeness (QED) is 0.0243. The summed E-state index contributed by atoms with van der Waals surface area (Å²) in [5.41, 5.74) is 0. The number of phosphoric ester groups is 1. The van der Waals surface area contributed by atoms with Crippen molar-refractivity contribution in [3.63, 3.8) is 0 Å². The number of hydrogen-bond donors (Lipinski definition) is 3. The van der Waals surface area contributed by atoms with Crippen LogP contribution in [0.5, 0.6) is 0 Å². The van der Waals surface area contributed by atoms with Crippen LogP contribution in [-0.4, -0.2) is 73.4 Å². The Bertz CT molecular complexity index is 1700. The molecule has 0 radical (unpaired) electrons. The summed E-state index contributed by atoms with van der Waals surface area (Å²) in [4.78, 5) is 23.2. The lowest BCUT2D eigenvalue weighted by molar-refractivity contribution is -0.870. The van der Waals surface area contributed by atoms with Gasteiger partial charge in [0, 0.05) is 6.42 Å². The van der Waals surface area contributed by atoms with Gasteiger partial charge < -0.3 is 19.8 Å². The van der Waals surface area contributed by atoms with Gasteiger partial charge in [0.15, 0.2) is 0 Å². The second kappa shape index (κ2) is 51.0. The molecule has 0 heterocycles. The van der Waals surface area contributed by atoms with Crippen LogP contribution in [0.25, 0.3) is 0 Å². The fraction of sp³-hybridized carbons (Fsp3) is 0.565. The van der Waals surface area contributed by atoms with E-state index in [-0.39, 0.29) is 19.1 Å². The van der Waals surface area contributed by atoms with E-state index < -0.39 is 20.0 Å². The van der Waals surface area contributed by atoms with E-state index in [2.05, 4.69) is 165 Å². The summed E-state index contributed by atoms with van der Waals surface area (Å²) >= 11 is 0. The van der Waals surface area contributed by atoms with Gasteiger partial charge >= 0.3 is 7.82 Å². The third kappa shape index (κ3) is 53.7. The molecule has 0 bridgehead atoms. The molecule has 3 atom stereocenters. The molecule has 0 rings (SSSR count). The number of carbonyl (C=O) groups is 1. The summed E-state index contributed by atoms with van der Waals surface area (Å²) in [5, 5.41) is 13.8. The molecule has 1 amide bonds. The van der Waals surface area contributed by atoms with Crippen LogP contribution in [0.3, 0.4) is 0 Å². The van der Waals surface area contributed by atoms with Crippen molar-refractivity contribution in [3.8, 4) is 0 Å². The van der Waals surface area contributed by atoms with Crippen molar-refractivity contribution in [3.05, 3.63) is 158 Å². The average Bonchev–Trinajstić information content (AvgIpc) is 3.33. The highest BCUT2D eigenvalue weighted by Crippen LogP contribution is 2.43. The minimum atomic E-state index is -4.37. The number of carbonyl (C=O) groups excluding carboxylic acids is 1. The average molecular weight is 1000 g/mol. The van der Waals surface area contributed by atoms with Gasteiger partial charge in [0.25, 0.3) is 0 Å². The molecule has 0 spiro atoms. The van der Waals surface area contributed by atoms with Crippen molar-refractivity contribution >= 4 is 13.7 Å². The Morgan fingerprint density at radius 1 is 0.493 bits per heavy atom. The van der Waals surface area contributed by atoms with Crippen molar-refractivity contribution in [1.82, 2.24) is 5.32 Å². The Labute approximate surface area is 435 Å². The molecule has 0 aliphatic rings. The zero-order chi connectivity index (χ0) is 52.0. The van der Waals surface area contributed by atoms with Gasteiger partial charge in [0.05, 0.1) is 39.9 Å². The standard InChI is InChI=1S/C62H101N2O6P/c1-6-8-10-12-14-16-18-20-21-22-23-24-25-26-27-28-29-30-31-32-33-34-35-36-37-38-39-40-41-42-43-44-46-48-50-52-54-56-62(66)63-60(59-70-71(67,68)69-58-57-64(3,4)5)61(65)55-53-51-49-47-45-19-17-15-13-11-9-7-2/h8,10,13-16,20-21,23-24,26-27,29-30,32-33,35-36,38-39,41-42,45,47,53,55,60-61,65H,6-7,9,11-12,17-19,22,25,28,31,34,37,40,43-44,46,48-52,54,56-59H2,1-5H3,(H-,63,66,67,68)/p+1/b10-8-,15-13+,16-14-,21-20-,24-23-,27-26-,30-29-,33-32-,36-35-,39-38-,42-41-,47-45+,55-53+. The van der Waals surface area contributed by atoms with Gasteiger partial charge in [0.1, 0.15) is 13.2 Å². The molecule has 8 nitrogen and oxygen atoms in total. The normalized spacial score (nSPS) is 15.2. The number of quaternary nitrogens is 1. The smallest absolute Gasteiger partial charge is 0.387 e. The van der Waals surface area contributed by atoms with E-state index in [4.69, 9.17) is 9.05 Å². The van der Waals surface area contributed by atoms with Gasteiger partial charge in [-0.15, -0.1) is 0 Å². The second-order valence-corrected chi connectivity index (χ2v) is 20.3. The van der Waals surface area contributed by atoms with Crippen molar-refractivity contribution in [2.75, 3.05) is 40.9 Å². The summed E-state index contributed by atoms with van der Waals surface area (Å²) < 4.78 is 23.6. The van der Waals surface area contributed by atoms with Gasteiger partial charge in [-0.05, 0) is 116 Å². The van der Waals surface area contributed by atoms with Crippen LogP contribution in [-0.2, 0) is 18.4 Å². The number of phosphoric acid groups is 1. The van der Waals surface area contributed by atoms with E-state index in [1.165, 1.54) is 12.8 Å². The molecule has 71 heavy (non-hydrogen) atoms. The fourth-order valence-electron chi connectivity index (χ4n) is 6.67. The highest BCUT2D eigenvalue weighted by atomic mass is 31.2. The van der Waals surface area contributed by atoms with E-state index in [0.29, 0.717) is 17.4 Å². The maximum Gasteiger partial charge on any atom is 0.472 e. The number of allylic oxidation sites excluding steroid dienone is 25. The molecular formula is C62H102N2O6P+. The molecule has 0 saturated carbocycles. The third-order valence-corrected chi connectivity index (χ3v) is 11.9. The lowest BCUT2D eigenvalue weighted by Crippen LogP contribution is -2.45. The monoisotopic (exact) mass is 1000 g/mol. The lowest BCUT2D eigenvalue weighted by atomic mass is 10.1. The zero-order valence-corrected chi connectivity index (χ0v) is 46.3. The number of rotatable bonds is 47. The molecule has 3 N–H and O–H groups in total. The van der Waals surface area contributed by atoms with Crippen LogP contribution in [0.15, 0.2) is 158 Å². The number of aliphatic hydroxyl groups excluding tert-OH is 1. The number of nitrogens with zero attached hydrogens (tertiary/aromatic N) is 1. The molecule has 0 aromatic carbocycles. The van der Waals surface area contributed by atoms with E-state index in [9.17, 15) is 19.4 Å². The predicted octanol–water partition coefficient (Wildman–Crippen LogP) is 16.7. The first-order valence-corrected chi connectivity index (χ1v) is 28.9. The predicted molar refractivity (Wildman–Crippen MR) is 308 cm³/mol. The van der Waals surface area contributed by atoms with Gasteiger partial charge in [-0.2, -0.15) is 0 Å². The highest BCUT2D eigenvalue weighted by Gasteiger charge is 2.27. The van der Waals surface area contributed by atoms with Gasteiger partial charge in [-0.3, -0.25) is 13.8 Å². The highest BCUT2D eigenvalue weighted by molar-refractivity contribution is 7.47. The number of amides is 1. The lowest BCUT2D eigenvalue weighted by Gasteiger charge is -2.25. The van der Waals surface area contributed by atoms with Gasteiger partial charge in [0.2, 0.25) is 5.91 Å². The fourth-order valence-corrected chi connectivity index (χ4v) is 7.41. The Kier molecular flexibility index (Phi) is 48.2. The molecule has 3 unspecified atom stereocenters. The van der Waals surface area contributed by atoms with E-state index >= 15 is 0 Å². The number of nitrogens with one attached hydrogen (secondary N) is 1. The molecule has 0 aliphatic carbocycles. The van der Waals surface area contributed by atoms with Crippen LogP contribution in [0, 0.1) is 0 Å². The minimum Gasteiger partial charge on any atom is -0.387 e. The van der Waals surface area contributed by atoms with E-state index in [1.54, 1.807) is 6.08 Å². The Morgan fingerprint density at radius 2 is 0.859 bits per heavy atom. The first-order valence-electron chi connectivity index (χ1n) is 27.4. The van der Waals surface area contributed by atoms with Crippen molar-refractivity contribution in [1.29, 1.82) is 0 Å². The molecule has 0 aliphatic heterocycles. The van der Waals surface area contributed by atoms with Crippen LogP contribution in [0.2, 0.25) is 0 Å².